The molecule has 2 aromatic carbocycles. The summed E-state index contributed by atoms with van der Waals surface area (Å²) >= 11 is 0. The highest BCUT2D eigenvalue weighted by atomic mass is 16.5. The standard InChI is InChI=1S/C19H20N2O4/c1-24-17-11-13(12-18(22)25-2)7-8-15(17)20-19(23)21-10-9-14-5-3-4-6-16(14)21/h3-8,11H,9-10,12H2,1-2H3,(H,20,23). The van der Waals surface area contributed by atoms with Crippen LogP contribution in [0.1, 0.15) is 11.1 Å². The van der Waals surface area contributed by atoms with Crippen molar-refractivity contribution in [3.63, 3.8) is 0 Å². The number of carbonyl (C=O) groups is 2. The van der Waals surface area contributed by atoms with Gasteiger partial charge in [-0.2, -0.15) is 0 Å². The molecule has 0 radical (unpaired) electrons. The van der Waals surface area contributed by atoms with E-state index in [-0.39, 0.29) is 18.4 Å². The number of nitrogens with zero attached hydrogens (tertiary/aromatic N) is 1. The SMILES string of the molecule is COC(=O)Cc1ccc(NC(=O)N2CCc3ccccc32)c(OC)c1. The van der Waals surface area contributed by atoms with Gasteiger partial charge in [0.1, 0.15) is 5.75 Å². The normalized spacial score (nSPS) is 12.5. The number of hydrogen-bond donors (Lipinski definition) is 1. The maximum atomic E-state index is 12.6. The number of carbonyl (C=O) groups excluding carboxylic acids is 2. The maximum Gasteiger partial charge on any atom is 0.326 e. The number of nitrogens with one attached hydrogen (secondary N) is 1. The van der Waals surface area contributed by atoms with Crippen molar-refractivity contribution in [1.82, 2.24) is 0 Å². The van der Waals surface area contributed by atoms with Gasteiger partial charge in [0.25, 0.3) is 0 Å². The second-order valence-corrected chi connectivity index (χ2v) is 5.75. The summed E-state index contributed by atoms with van der Waals surface area (Å²) in [4.78, 5) is 25.8. The van der Waals surface area contributed by atoms with Crippen LogP contribution in [0.5, 0.6) is 5.75 Å². The molecule has 1 N–H and O–H groups in total. The third kappa shape index (κ3) is 3.57. The third-order valence-electron chi connectivity index (χ3n) is 4.22. The minimum absolute atomic E-state index is 0.153. The molecule has 6 heteroatoms. The molecule has 0 unspecified atom stereocenters. The summed E-state index contributed by atoms with van der Waals surface area (Å²) in [5, 5.41) is 2.88. The highest BCUT2D eigenvalue weighted by Crippen LogP contribution is 2.30. The summed E-state index contributed by atoms with van der Waals surface area (Å²) in [5.41, 5.74) is 3.41. The van der Waals surface area contributed by atoms with Gasteiger partial charge in [-0.1, -0.05) is 24.3 Å². The van der Waals surface area contributed by atoms with Crippen LogP contribution in [0.25, 0.3) is 0 Å². The first-order chi connectivity index (χ1) is 12.1. The van der Waals surface area contributed by atoms with E-state index in [0.29, 0.717) is 18.0 Å². The second kappa shape index (κ2) is 7.25. The number of benzene rings is 2. The molecule has 0 saturated heterocycles. The van der Waals surface area contributed by atoms with Crippen LogP contribution in [0, 0.1) is 0 Å². The van der Waals surface area contributed by atoms with E-state index in [1.54, 1.807) is 23.1 Å². The van der Waals surface area contributed by atoms with Gasteiger partial charge in [-0.15, -0.1) is 0 Å². The maximum absolute atomic E-state index is 12.6. The average Bonchev–Trinajstić information content (AvgIpc) is 3.07. The first-order valence-corrected chi connectivity index (χ1v) is 8.02. The molecular weight excluding hydrogens is 320 g/mol. The Hall–Kier alpha value is -3.02. The zero-order valence-corrected chi connectivity index (χ0v) is 14.2. The molecule has 3 rings (SSSR count). The van der Waals surface area contributed by atoms with Crippen LogP contribution >= 0.6 is 0 Å². The molecule has 0 saturated carbocycles. The Morgan fingerprint density at radius 3 is 2.72 bits per heavy atom. The van der Waals surface area contributed by atoms with Gasteiger partial charge in [0.15, 0.2) is 0 Å². The predicted octanol–water partition coefficient (Wildman–Crippen LogP) is 3.01. The van der Waals surface area contributed by atoms with Crippen LogP contribution < -0.4 is 15.0 Å². The van der Waals surface area contributed by atoms with Crippen molar-refractivity contribution in [1.29, 1.82) is 0 Å². The lowest BCUT2D eigenvalue weighted by atomic mass is 10.1. The monoisotopic (exact) mass is 340 g/mol. The molecule has 0 bridgehead atoms. The van der Waals surface area contributed by atoms with Crippen molar-refractivity contribution in [3.05, 3.63) is 53.6 Å². The molecular formula is C19H20N2O4. The zero-order valence-electron chi connectivity index (χ0n) is 14.2. The predicted molar refractivity (Wildman–Crippen MR) is 95.2 cm³/mol. The van der Waals surface area contributed by atoms with Gasteiger partial charge in [-0.25, -0.2) is 4.79 Å². The summed E-state index contributed by atoms with van der Waals surface area (Å²) < 4.78 is 10.0. The van der Waals surface area contributed by atoms with E-state index in [1.165, 1.54) is 14.2 Å². The van der Waals surface area contributed by atoms with Crippen LogP contribution in [0.15, 0.2) is 42.5 Å². The topological polar surface area (TPSA) is 67.9 Å². The van der Waals surface area contributed by atoms with E-state index in [9.17, 15) is 9.59 Å². The van der Waals surface area contributed by atoms with E-state index >= 15 is 0 Å². The molecule has 25 heavy (non-hydrogen) atoms. The van der Waals surface area contributed by atoms with E-state index in [4.69, 9.17) is 4.74 Å². The van der Waals surface area contributed by atoms with Crippen molar-refractivity contribution >= 4 is 23.4 Å². The molecule has 0 spiro atoms. The fraction of sp³-hybridized carbons (Fsp3) is 0.263. The number of anilines is 2. The van der Waals surface area contributed by atoms with Crippen LogP contribution in [0.4, 0.5) is 16.2 Å². The van der Waals surface area contributed by atoms with Gasteiger partial charge in [0.05, 0.1) is 26.3 Å². The van der Waals surface area contributed by atoms with Gasteiger partial charge < -0.3 is 14.8 Å². The smallest absolute Gasteiger partial charge is 0.326 e. The summed E-state index contributed by atoms with van der Waals surface area (Å²) in [5.74, 6) is 0.176. The summed E-state index contributed by atoms with van der Waals surface area (Å²) in [6.45, 7) is 0.647. The van der Waals surface area contributed by atoms with Gasteiger partial charge in [0, 0.05) is 12.2 Å². The number of fused-ring (bicyclic) bond motifs is 1. The van der Waals surface area contributed by atoms with Gasteiger partial charge in [0.2, 0.25) is 0 Å². The van der Waals surface area contributed by atoms with Crippen LogP contribution in [-0.4, -0.2) is 32.8 Å². The molecule has 1 heterocycles. The van der Waals surface area contributed by atoms with Crippen molar-refractivity contribution in [2.24, 2.45) is 0 Å². The van der Waals surface area contributed by atoms with Gasteiger partial charge in [-0.05, 0) is 35.7 Å². The lowest BCUT2D eigenvalue weighted by Crippen LogP contribution is -2.33. The Morgan fingerprint density at radius 2 is 1.96 bits per heavy atom. The number of methoxy groups -OCH3 is 2. The van der Waals surface area contributed by atoms with Crippen LogP contribution in [-0.2, 0) is 22.4 Å². The largest absolute Gasteiger partial charge is 0.495 e. The molecule has 0 aromatic heterocycles. The Kier molecular flexibility index (Phi) is 4.88. The van der Waals surface area contributed by atoms with Crippen molar-refractivity contribution in [3.8, 4) is 5.75 Å². The lowest BCUT2D eigenvalue weighted by molar-refractivity contribution is -0.139. The first kappa shape index (κ1) is 16.8. The molecule has 2 amide bonds. The Morgan fingerprint density at radius 1 is 1.16 bits per heavy atom. The van der Waals surface area contributed by atoms with E-state index in [2.05, 4.69) is 10.1 Å². The Labute approximate surface area is 146 Å². The minimum atomic E-state index is -0.326. The molecule has 0 aliphatic carbocycles. The zero-order chi connectivity index (χ0) is 17.8. The molecule has 0 atom stereocenters. The molecule has 1 aliphatic heterocycles. The van der Waals surface area contributed by atoms with Crippen LogP contribution in [0.3, 0.4) is 0 Å². The molecule has 6 nitrogen and oxygen atoms in total. The highest BCUT2D eigenvalue weighted by molar-refractivity contribution is 6.03. The summed E-state index contributed by atoms with van der Waals surface area (Å²) in [6, 6.07) is 12.9. The Balaban J connectivity index is 1.76. The number of esters is 1. The van der Waals surface area contributed by atoms with E-state index in [1.807, 2.05) is 24.3 Å². The number of para-hydroxylation sites is 1. The van der Waals surface area contributed by atoms with Crippen LogP contribution in [0.2, 0.25) is 0 Å². The summed E-state index contributed by atoms with van der Waals surface area (Å²) in [6.07, 6.45) is 0.999. The number of amides is 2. The number of hydrogen-bond acceptors (Lipinski definition) is 4. The lowest BCUT2D eigenvalue weighted by Gasteiger charge is -2.19. The first-order valence-electron chi connectivity index (χ1n) is 8.02. The number of ether oxygens (including phenoxy) is 2. The van der Waals surface area contributed by atoms with E-state index in [0.717, 1.165) is 23.2 Å². The van der Waals surface area contributed by atoms with E-state index < -0.39 is 0 Å². The fourth-order valence-corrected chi connectivity index (χ4v) is 2.92. The molecule has 2 aromatic rings. The third-order valence-corrected chi connectivity index (χ3v) is 4.22. The second-order valence-electron chi connectivity index (χ2n) is 5.75. The molecule has 130 valence electrons. The summed E-state index contributed by atoms with van der Waals surface area (Å²) in [7, 11) is 2.88. The van der Waals surface area contributed by atoms with Gasteiger partial charge in [-0.3, -0.25) is 9.69 Å². The van der Waals surface area contributed by atoms with Gasteiger partial charge >= 0.3 is 12.0 Å². The highest BCUT2D eigenvalue weighted by Gasteiger charge is 2.24. The average molecular weight is 340 g/mol. The fourth-order valence-electron chi connectivity index (χ4n) is 2.92. The minimum Gasteiger partial charge on any atom is -0.495 e. The molecule has 0 fully saturated rings. The van der Waals surface area contributed by atoms with Crippen molar-refractivity contribution in [2.45, 2.75) is 12.8 Å². The number of urea groups is 1. The number of rotatable bonds is 4. The van der Waals surface area contributed by atoms with Crippen molar-refractivity contribution < 1.29 is 19.1 Å². The Bertz CT molecular complexity index is 804. The molecule has 1 aliphatic rings. The van der Waals surface area contributed by atoms with Crippen molar-refractivity contribution in [2.75, 3.05) is 31.0 Å². The quantitative estimate of drug-likeness (QED) is 0.869.